The summed E-state index contributed by atoms with van der Waals surface area (Å²) in [6, 6.07) is 12.3. The van der Waals surface area contributed by atoms with Crippen LogP contribution in [0.4, 0.5) is 5.82 Å². The third kappa shape index (κ3) is 2.67. The first-order valence-electron chi connectivity index (χ1n) is 7.26. The van der Waals surface area contributed by atoms with Gasteiger partial charge < -0.3 is 5.11 Å². The van der Waals surface area contributed by atoms with Crippen LogP contribution in [0.25, 0.3) is 10.8 Å². The van der Waals surface area contributed by atoms with Gasteiger partial charge in [0.2, 0.25) is 0 Å². The Labute approximate surface area is 137 Å². The average Bonchev–Trinajstić information content (AvgIpc) is 2.59. The molecule has 0 spiro atoms. The maximum absolute atomic E-state index is 11.9. The summed E-state index contributed by atoms with van der Waals surface area (Å²) in [6.45, 7) is 0. The van der Waals surface area contributed by atoms with Crippen LogP contribution >= 0.6 is 0 Å². The van der Waals surface area contributed by atoms with E-state index >= 15 is 0 Å². The number of nitrogens with zero attached hydrogens (tertiary/aromatic N) is 3. The second-order valence-electron chi connectivity index (χ2n) is 5.36. The molecule has 0 atom stereocenters. The molecule has 2 N–H and O–H groups in total. The zero-order valence-electron chi connectivity index (χ0n) is 13.2. The van der Waals surface area contributed by atoms with Gasteiger partial charge in [-0.2, -0.15) is 5.10 Å². The van der Waals surface area contributed by atoms with Gasteiger partial charge >= 0.3 is 5.69 Å². The van der Waals surface area contributed by atoms with Gasteiger partial charge in [0.25, 0.3) is 5.56 Å². The number of hydrogen-bond donors (Lipinski definition) is 2. The van der Waals surface area contributed by atoms with E-state index in [4.69, 9.17) is 0 Å². The molecule has 1 aromatic heterocycles. The lowest BCUT2D eigenvalue weighted by atomic mass is 10.0. The average molecular weight is 324 g/mol. The minimum absolute atomic E-state index is 0.0946. The minimum Gasteiger partial charge on any atom is -0.507 e. The zero-order chi connectivity index (χ0) is 17.3. The van der Waals surface area contributed by atoms with Gasteiger partial charge in [-0.25, -0.2) is 4.79 Å². The van der Waals surface area contributed by atoms with Crippen molar-refractivity contribution >= 4 is 22.8 Å². The lowest BCUT2D eigenvalue weighted by Gasteiger charge is -2.08. The number of rotatable bonds is 3. The molecule has 0 saturated heterocycles. The van der Waals surface area contributed by atoms with Gasteiger partial charge in [-0.1, -0.05) is 30.3 Å². The molecule has 24 heavy (non-hydrogen) atoms. The Hall–Kier alpha value is -3.35. The molecule has 0 amide bonds. The van der Waals surface area contributed by atoms with E-state index in [1.807, 2.05) is 30.3 Å². The zero-order valence-corrected chi connectivity index (χ0v) is 13.2. The van der Waals surface area contributed by atoms with Gasteiger partial charge in [0.1, 0.15) is 11.6 Å². The van der Waals surface area contributed by atoms with Gasteiger partial charge in [0, 0.05) is 25.7 Å². The highest BCUT2D eigenvalue weighted by molar-refractivity contribution is 6.02. The number of fused-ring (bicyclic) bond motifs is 1. The highest BCUT2D eigenvalue weighted by Crippen LogP contribution is 2.25. The molecule has 0 aliphatic heterocycles. The largest absolute Gasteiger partial charge is 0.507 e. The molecule has 0 saturated carbocycles. The van der Waals surface area contributed by atoms with Crippen molar-refractivity contribution in [3.8, 4) is 5.75 Å². The Morgan fingerprint density at radius 1 is 1.08 bits per heavy atom. The molecule has 3 aromatic rings. The summed E-state index contributed by atoms with van der Waals surface area (Å²) in [7, 11) is 2.95. The van der Waals surface area contributed by atoms with E-state index in [-0.39, 0.29) is 11.6 Å². The Morgan fingerprint density at radius 2 is 1.83 bits per heavy atom. The SMILES string of the molecule is Cn1c(N/N=C/c2c(O)ccc3ccccc23)cc(=O)n(C)c1=O. The Morgan fingerprint density at radius 3 is 2.62 bits per heavy atom. The van der Waals surface area contributed by atoms with Crippen LogP contribution in [-0.2, 0) is 14.1 Å². The van der Waals surface area contributed by atoms with Gasteiger partial charge in [-0.3, -0.25) is 19.4 Å². The predicted molar refractivity (Wildman–Crippen MR) is 93.8 cm³/mol. The summed E-state index contributed by atoms with van der Waals surface area (Å²) in [5.74, 6) is 0.358. The highest BCUT2D eigenvalue weighted by atomic mass is 16.3. The number of nitrogens with one attached hydrogen (secondary N) is 1. The monoisotopic (exact) mass is 324 g/mol. The molecule has 122 valence electrons. The summed E-state index contributed by atoms with van der Waals surface area (Å²) in [5, 5.41) is 15.9. The minimum atomic E-state index is -0.451. The fourth-order valence-electron chi connectivity index (χ4n) is 2.42. The van der Waals surface area contributed by atoms with Gasteiger partial charge in [-0.05, 0) is 16.8 Å². The summed E-state index contributed by atoms with van der Waals surface area (Å²) >= 11 is 0. The standard InChI is InChI=1S/C17H16N4O3/c1-20-15(9-16(23)21(2)17(20)24)19-18-10-13-12-6-4-3-5-11(12)7-8-14(13)22/h3-10,19,22H,1-2H3/b18-10+. The fraction of sp³-hybridized carbons (Fsp3) is 0.118. The van der Waals surface area contributed by atoms with Gasteiger partial charge in [0.15, 0.2) is 0 Å². The maximum Gasteiger partial charge on any atom is 0.332 e. The molecule has 3 rings (SSSR count). The van der Waals surface area contributed by atoms with Gasteiger partial charge in [-0.15, -0.1) is 0 Å². The van der Waals surface area contributed by atoms with Crippen molar-refractivity contribution in [2.75, 3.05) is 5.43 Å². The molecule has 0 unspecified atom stereocenters. The van der Waals surface area contributed by atoms with Crippen molar-refractivity contribution < 1.29 is 5.11 Å². The number of anilines is 1. The van der Waals surface area contributed by atoms with E-state index in [1.165, 1.54) is 30.9 Å². The summed E-state index contributed by atoms with van der Waals surface area (Å²) in [6.07, 6.45) is 1.46. The highest BCUT2D eigenvalue weighted by Gasteiger charge is 2.06. The molecular formula is C17H16N4O3. The number of phenols is 1. The van der Waals surface area contributed by atoms with Gasteiger partial charge in [0.05, 0.1) is 6.21 Å². The number of hydrazone groups is 1. The fourth-order valence-corrected chi connectivity index (χ4v) is 2.42. The molecule has 0 aliphatic carbocycles. The molecule has 0 aliphatic rings. The van der Waals surface area contributed by atoms with E-state index in [0.717, 1.165) is 15.3 Å². The molecule has 7 nitrogen and oxygen atoms in total. The van der Waals surface area contributed by atoms with Crippen molar-refractivity contribution in [2.45, 2.75) is 0 Å². The molecule has 1 heterocycles. The lowest BCUT2D eigenvalue weighted by molar-refractivity contribution is 0.475. The number of aromatic nitrogens is 2. The second kappa shape index (κ2) is 6.04. The number of hydrogen-bond acceptors (Lipinski definition) is 5. The van der Waals surface area contributed by atoms with E-state index in [2.05, 4.69) is 10.5 Å². The smallest absolute Gasteiger partial charge is 0.332 e. The number of benzene rings is 2. The lowest BCUT2D eigenvalue weighted by Crippen LogP contribution is -2.37. The van der Waals surface area contributed by atoms with Crippen LogP contribution in [-0.4, -0.2) is 20.5 Å². The van der Waals surface area contributed by atoms with E-state index in [0.29, 0.717) is 5.56 Å². The summed E-state index contributed by atoms with van der Waals surface area (Å²) in [4.78, 5) is 23.6. The van der Waals surface area contributed by atoms with Crippen molar-refractivity contribution in [1.82, 2.24) is 9.13 Å². The molecule has 0 bridgehead atoms. The van der Waals surface area contributed by atoms with Crippen LogP contribution in [0.1, 0.15) is 5.56 Å². The first kappa shape index (κ1) is 15.5. The maximum atomic E-state index is 11.9. The van der Waals surface area contributed by atoms with Crippen LogP contribution in [0.15, 0.2) is 57.2 Å². The normalized spacial score (nSPS) is 11.2. The van der Waals surface area contributed by atoms with Crippen molar-refractivity contribution in [2.24, 2.45) is 19.2 Å². The Bertz CT molecular complexity index is 1060. The molecule has 7 heteroatoms. The van der Waals surface area contributed by atoms with Crippen LogP contribution in [0, 0.1) is 0 Å². The molecular weight excluding hydrogens is 308 g/mol. The third-order valence-electron chi connectivity index (χ3n) is 3.85. The molecule has 2 aromatic carbocycles. The van der Waals surface area contributed by atoms with Crippen molar-refractivity contribution in [3.63, 3.8) is 0 Å². The Kier molecular flexibility index (Phi) is 3.91. The summed E-state index contributed by atoms with van der Waals surface area (Å²) in [5.41, 5.74) is 2.34. The van der Waals surface area contributed by atoms with Crippen LogP contribution in [0.2, 0.25) is 0 Å². The molecule has 0 radical (unpaired) electrons. The first-order valence-corrected chi connectivity index (χ1v) is 7.26. The van der Waals surface area contributed by atoms with Crippen LogP contribution in [0.3, 0.4) is 0 Å². The van der Waals surface area contributed by atoms with Crippen LogP contribution < -0.4 is 16.7 Å². The second-order valence-corrected chi connectivity index (χ2v) is 5.36. The quantitative estimate of drug-likeness (QED) is 0.563. The Balaban J connectivity index is 1.98. The molecule has 0 fully saturated rings. The predicted octanol–water partition coefficient (Wildman–Crippen LogP) is 1.39. The third-order valence-corrected chi connectivity index (χ3v) is 3.85. The van der Waals surface area contributed by atoms with Crippen molar-refractivity contribution in [1.29, 1.82) is 0 Å². The summed E-state index contributed by atoms with van der Waals surface area (Å²) < 4.78 is 2.28. The van der Waals surface area contributed by atoms with Crippen molar-refractivity contribution in [3.05, 3.63) is 68.9 Å². The van der Waals surface area contributed by atoms with E-state index in [9.17, 15) is 14.7 Å². The first-order chi connectivity index (χ1) is 11.5. The number of aromatic hydroxyl groups is 1. The topological polar surface area (TPSA) is 88.6 Å². The van der Waals surface area contributed by atoms with E-state index < -0.39 is 11.2 Å². The van der Waals surface area contributed by atoms with Crippen LogP contribution in [0.5, 0.6) is 5.75 Å². The van der Waals surface area contributed by atoms with E-state index in [1.54, 1.807) is 6.07 Å². The number of phenolic OH excluding ortho intramolecular Hbond substituents is 1.